The molecule has 84 valence electrons. The van der Waals surface area contributed by atoms with Gasteiger partial charge >= 0.3 is 0 Å². The van der Waals surface area contributed by atoms with Crippen LogP contribution in [0.4, 0.5) is 0 Å². The molecule has 3 unspecified atom stereocenters. The van der Waals surface area contributed by atoms with Crippen molar-refractivity contribution in [1.82, 2.24) is 4.90 Å². The summed E-state index contributed by atoms with van der Waals surface area (Å²) in [5, 5.41) is 9.45. The van der Waals surface area contributed by atoms with Crippen LogP contribution in [0.2, 0.25) is 0 Å². The maximum Gasteiger partial charge on any atom is 0.0527 e. The van der Waals surface area contributed by atoms with Gasteiger partial charge in [-0.3, -0.25) is 4.90 Å². The Hall–Kier alpha value is -0.0800. The lowest BCUT2D eigenvalue weighted by molar-refractivity contribution is 0.0591. The van der Waals surface area contributed by atoms with E-state index in [-0.39, 0.29) is 6.10 Å². The molecule has 0 radical (unpaired) electrons. The number of nitrogens with zero attached hydrogens (tertiary/aromatic N) is 1. The van der Waals surface area contributed by atoms with Crippen molar-refractivity contribution in [3.05, 3.63) is 0 Å². The minimum absolute atomic E-state index is 0.148. The van der Waals surface area contributed by atoms with Crippen LogP contribution in [0, 0.1) is 0 Å². The Bertz CT molecular complexity index is 158. The number of aliphatic hydroxyl groups is 1. The van der Waals surface area contributed by atoms with E-state index in [4.69, 9.17) is 0 Å². The van der Waals surface area contributed by atoms with Gasteiger partial charge in [0.2, 0.25) is 0 Å². The summed E-state index contributed by atoms with van der Waals surface area (Å²) >= 11 is 0. The maximum atomic E-state index is 9.45. The van der Waals surface area contributed by atoms with E-state index in [0.717, 1.165) is 6.42 Å². The third-order valence-electron chi connectivity index (χ3n) is 3.44. The molecule has 1 heterocycles. The molecule has 1 rings (SSSR count). The Balaban J connectivity index is 2.49. The summed E-state index contributed by atoms with van der Waals surface area (Å²) in [5.41, 5.74) is 0. The lowest BCUT2D eigenvalue weighted by Gasteiger charge is -2.40. The highest BCUT2D eigenvalue weighted by atomic mass is 16.3. The van der Waals surface area contributed by atoms with E-state index in [9.17, 15) is 5.11 Å². The molecule has 0 aromatic rings. The molecule has 2 nitrogen and oxygen atoms in total. The highest BCUT2D eigenvalue weighted by Gasteiger charge is 2.26. The summed E-state index contributed by atoms with van der Waals surface area (Å²) in [6.45, 7) is 7.69. The molecular weight excluding hydrogens is 174 g/mol. The smallest absolute Gasteiger partial charge is 0.0527 e. The second kappa shape index (κ2) is 5.72. The lowest BCUT2D eigenvalue weighted by atomic mass is 9.95. The number of hydrogen-bond acceptors (Lipinski definition) is 2. The van der Waals surface area contributed by atoms with Crippen molar-refractivity contribution >= 4 is 0 Å². The van der Waals surface area contributed by atoms with E-state index in [1.54, 1.807) is 0 Å². The predicted molar refractivity (Wildman–Crippen MR) is 60.4 cm³/mol. The van der Waals surface area contributed by atoms with E-state index in [1.807, 2.05) is 6.92 Å². The van der Waals surface area contributed by atoms with Crippen LogP contribution in [0.5, 0.6) is 0 Å². The Morgan fingerprint density at radius 1 is 1.36 bits per heavy atom. The van der Waals surface area contributed by atoms with Crippen molar-refractivity contribution < 1.29 is 5.11 Å². The average molecular weight is 199 g/mol. The molecule has 0 saturated carbocycles. The summed E-state index contributed by atoms with van der Waals surface area (Å²) < 4.78 is 0. The molecule has 1 aliphatic heterocycles. The fourth-order valence-corrected chi connectivity index (χ4v) is 2.48. The lowest BCUT2D eigenvalue weighted by Crippen LogP contribution is -2.46. The van der Waals surface area contributed by atoms with E-state index in [2.05, 4.69) is 18.7 Å². The van der Waals surface area contributed by atoms with Crippen LogP contribution in [-0.4, -0.2) is 34.7 Å². The Morgan fingerprint density at radius 2 is 2.07 bits per heavy atom. The predicted octanol–water partition coefficient (Wildman–Crippen LogP) is 2.41. The van der Waals surface area contributed by atoms with Gasteiger partial charge < -0.3 is 5.11 Å². The first-order chi connectivity index (χ1) is 6.65. The largest absolute Gasteiger partial charge is 0.393 e. The monoisotopic (exact) mass is 199 g/mol. The van der Waals surface area contributed by atoms with Gasteiger partial charge in [0.15, 0.2) is 0 Å². The first kappa shape index (κ1) is 12.0. The van der Waals surface area contributed by atoms with E-state index >= 15 is 0 Å². The maximum absolute atomic E-state index is 9.45. The number of aliphatic hydroxyl groups excluding tert-OH is 1. The van der Waals surface area contributed by atoms with Gasteiger partial charge in [-0.25, -0.2) is 0 Å². The van der Waals surface area contributed by atoms with Crippen molar-refractivity contribution in [2.24, 2.45) is 0 Å². The molecule has 0 aromatic carbocycles. The van der Waals surface area contributed by atoms with Crippen LogP contribution in [0.3, 0.4) is 0 Å². The molecule has 14 heavy (non-hydrogen) atoms. The van der Waals surface area contributed by atoms with Gasteiger partial charge in [-0.15, -0.1) is 0 Å². The molecule has 3 atom stereocenters. The fourth-order valence-electron chi connectivity index (χ4n) is 2.48. The zero-order valence-electron chi connectivity index (χ0n) is 9.87. The van der Waals surface area contributed by atoms with E-state index in [1.165, 1.54) is 32.2 Å². The van der Waals surface area contributed by atoms with Gasteiger partial charge in [-0.05, 0) is 46.1 Å². The summed E-state index contributed by atoms with van der Waals surface area (Å²) in [6, 6.07) is 1.30. The molecule has 1 N–H and O–H groups in total. The van der Waals surface area contributed by atoms with Crippen LogP contribution in [0.15, 0.2) is 0 Å². The first-order valence-electron chi connectivity index (χ1n) is 6.09. The molecule has 1 fully saturated rings. The molecule has 0 aliphatic carbocycles. The molecular formula is C12H25NO. The SMILES string of the molecule is CCC(C)N1CCCCC1CC(C)O. The zero-order chi connectivity index (χ0) is 10.6. The Morgan fingerprint density at radius 3 is 2.64 bits per heavy atom. The number of rotatable bonds is 4. The second-order valence-corrected chi connectivity index (χ2v) is 4.73. The van der Waals surface area contributed by atoms with E-state index < -0.39 is 0 Å². The number of piperidine rings is 1. The average Bonchev–Trinajstić information content (AvgIpc) is 2.16. The molecule has 1 aliphatic rings. The van der Waals surface area contributed by atoms with Gasteiger partial charge in [0.25, 0.3) is 0 Å². The fraction of sp³-hybridized carbons (Fsp3) is 1.00. The third-order valence-corrected chi connectivity index (χ3v) is 3.44. The van der Waals surface area contributed by atoms with Gasteiger partial charge in [0.05, 0.1) is 6.10 Å². The minimum atomic E-state index is -0.148. The molecule has 2 heteroatoms. The summed E-state index contributed by atoms with van der Waals surface area (Å²) in [4.78, 5) is 2.59. The van der Waals surface area contributed by atoms with Crippen molar-refractivity contribution in [2.75, 3.05) is 6.54 Å². The Labute approximate surface area is 88.3 Å². The van der Waals surface area contributed by atoms with Gasteiger partial charge in [-0.1, -0.05) is 13.3 Å². The zero-order valence-corrected chi connectivity index (χ0v) is 9.87. The highest BCUT2D eigenvalue weighted by molar-refractivity contribution is 4.81. The highest BCUT2D eigenvalue weighted by Crippen LogP contribution is 2.23. The van der Waals surface area contributed by atoms with E-state index in [0.29, 0.717) is 12.1 Å². The summed E-state index contributed by atoms with van der Waals surface area (Å²) in [7, 11) is 0. The van der Waals surface area contributed by atoms with Crippen LogP contribution in [0.1, 0.15) is 52.9 Å². The van der Waals surface area contributed by atoms with Crippen molar-refractivity contribution in [2.45, 2.75) is 71.1 Å². The summed E-state index contributed by atoms with van der Waals surface area (Å²) in [5.74, 6) is 0. The van der Waals surface area contributed by atoms with Gasteiger partial charge in [0, 0.05) is 12.1 Å². The minimum Gasteiger partial charge on any atom is -0.393 e. The molecule has 0 amide bonds. The summed E-state index contributed by atoms with van der Waals surface area (Å²) in [6.07, 6.45) is 5.96. The first-order valence-corrected chi connectivity index (χ1v) is 6.09. The quantitative estimate of drug-likeness (QED) is 0.751. The third kappa shape index (κ3) is 3.25. The second-order valence-electron chi connectivity index (χ2n) is 4.73. The molecule has 1 saturated heterocycles. The van der Waals surface area contributed by atoms with Crippen LogP contribution in [0.25, 0.3) is 0 Å². The van der Waals surface area contributed by atoms with Gasteiger partial charge in [0.1, 0.15) is 0 Å². The van der Waals surface area contributed by atoms with Gasteiger partial charge in [-0.2, -0.15) is 0 Å². The molecule has 0 spiro atoms. The number of hydrogen-bond donors (Lipinski definition) is 1. The normalized spacial score (nSPS) is 28.7. The van der Waals surface area contributed by atoms with Crippen molar-refractivity contribution in [1.29, 1.82) is 0 Å². The topological polar surface area (TPSA) is 23.5 Å². The molecule has 0 bridgehead atoms. The van der Waals surface area contributed by atoms with Crippen molar-refractivity contribution in [3.63, 3.8) is 0 Å². The van der Waals surface area contributed by atoms with Crippen LogP contribution >= 0.6 is 0 Å². The standard InChI is InChI=1S/C12H25NO/c1-4-10(2)13-8-6-5-7-12(13)9-11(3)14/h10-12,14H,4-9H2,1-3H3. The van der Waals surface area contributed by atoms with Crippen LogP contribution < -0.4 is 0 Å². The number of likely N-dealkylation sites (tertiary alicyclic amines) is 1. The van der Waals surface area contributed by atoms with Crippen LogP contribution in [-0.2, 0) is 0 Å². The van der Waals surface area contributed by atoms with Crippen molar-refractivity contribution in [3.8, 4) is 0 Å². The molecule has 0 aromatic heterocycles. The Kier molecular flexibility index (Phi) is 4.90.